The molecule has 1 N–H and O–H groups in total. The molecule has 0 radical (unpaired) electrons. The second-order valence-corrected chi connectivity index (χ2v) is 7.00. The van der Waals surface area contributed by atoms with Crippen LogP contribution >= 0.6 is 0 Å². The molecule has 0 bridgehead atoms. The van der Waals surface area contributed by atoms with Crippen LogP contribution in [-0.4, -0.2) is 26.2 Å². The van der Waals surface area contributed by atoms with Crippen LogP contribution in [0.2, 0.25) is 0 Å². The third kappa shape index (κ3) is 2.71. The van der Waals surface area contributed by atoms with Crippen molar-refractivity contribution in [3.8, 4) is 0 Å². The molecular formula is C18H28N2. The maximum absolute atomic E-state index is 3.60. The van der Waals surface area contributed by atoms with E-state index < -0.39 is 0 Å². The first kappa shape index (κ1) is 13.9. The molecule has 2 atom stereocenters. The summed E-state index contributed by atoms with van der Waals surface area (Å²) < 4.78 is 0. The first-order valence-corrected chi connectivity index (χ1v) is 8.26. The number of hydrogen-bond acceptors (Lipinski definition) is 2. The summed E-state index contributed by atoms with van der Waals surface area (Å²) in [5, 5.41) is 3.60. The van der Waals surface area contributed by atoms with Gasteiger partial charge in [-0.2, -0.15) is 0 Å². The third-order valence-corrected chi connectivity index (χ3v) is 5.07. The van der Waals surface area contributed by atoms with Gasteiger partial charge in [0.25, 0.3) is 0 Å². The van der Waals surface area contributed by atoms with Crippen molar-refractivity contribution >= 4 is 5.69 Å². The van der Waals surface area contributed by atoms with Gasteiger partial charge in [0.15, 0.2) is 0 Å². The lowest BCUT2D eigenvalue weighted by atomic mass is 9.80. The number of nitrogens with zero attached hydrogens (tertiary/aromatic N) is 1. The predicted molar refractivity (Wildman–Crippen MR) is 86.4 cm³/mol. The Labute approximate surface area is 123 Å². The minimum atomic E-state index is 0.499. The summed E-state index contributed by atoms with van der Waals surface area (Å²) in [5.41, 5.74) is 3.54. The third-order valence-electron chi connectivity index (χ3n) is 5.07. The second-order valence-electron chi connectivity index (χ2n) is 7.00. The van der Waals surface area contributed by atoms with Crippen LogP contribution in [0.15, 0.2) is 24.3 Å². The topological polar surface area (TPSA) is 15.3 Å². The van der Waals surface area contributed by atoms with Crippen molar-refractivity contribution in [2.75, 3.05) is 31.1 Å². The lowest BCUT2D eigenvalue weighted by molar-refractivity contribution is 0.288. The molecule has 1 fully saturated rings. The molecule has 2 nitrogen and oxygen atoms in total. The molecule has 2 aliphatic heterocycles. The van der Waals surface area contributed by atoms with Crippen molar-refractivity contribution in [1.29, 1.82) is 0 Å². The molecule has 1 aromatic rings. The SMILES string of the molecule is CCCC1(CN2CC(C)Cc3ccccc32)CCNC1. The maximum Gasteiger partial charge on any atom is 0.0399 e. The Morgan fingerprint density at radius 2 is 2.20 bits per heavy atom. The number of para-hydroxylation sites is 1. The van der Waals surface area contributed by atoms with E-state index >= 15 is 0 Å². The molecule has 20 heavy (non-hydrogen) atoms. The van der Waals surface area contributed by atoms with E-state index in [0.29, 0.717) is 5.41 Å². The van der Waals surface area contributed by atoms with Gasteiger partial charge >= 0.3 is 0 Å². The molecule has 2 unspecified atom stereocenters. The van der Waals surface area contributed by atoms with Gasteiger partial charge in [0.2, 0.25) is 0 Å². The summed E-state index contributed by atoms with van der Waals surface area (Å²) in [6.07, 6.45) is 5.24. The molecule has 0 aliphatic carbocycles. The van der Waals surface area contributed by atoms with Crippen LogP contribution in [0.25, 0.3) is 0 Å². The van der Waals surface area contributed by atoms with Crippen LogP contribution in [0.3, 0.4) is 0 Å². The van der Waals surface area contributed by atoms with Gasteiger partial charge in [0, 0.05) is 30.7 Å². The monoisotopic (exact) mass is 272 g/mol. The normalized spacial score (nSPS) is 29.5. The quantitative estimate of drug-likeness (QED) is 0.903. The van der Waals surface area contributed by atoms with Gasteiger partial charge in [-0.25, -0.2) is 0 Å². The molecule has 0 amide bonds. The zero-order chi connectivity index (χ0) is 14.0. The number of hydrogen-bond donors (Lipinski definition) is 1. The Morgan fingerprint density at radius 1 is 1.35 bits per heavy atom. The zero-order valence-corrected chi connectivity index (χ0v) is 13.0. The molecule has 1 aromatic carbocycles. The summed E-state index contributed by atoms with van der Waals surface area (Å²) in [6, 6.07) is 9.02. The van der Waals surface area contributed by atoms with Crippen LogP contribution < -0.4 is 10.2 Å². The second kappa shape index (κ2) is 5.77. The van der Waals surface area contributed by atoms with Gasteiger partial charge < -0.3 is 10.2 Å². The number of benzene rings is 1. The largest absolute Gasteiger partial charge is 0.370 e. The van der Waals surface area contributed by atoms with E-state index in [2.05, 4.69) is 48.3 Å². The zero-order valence-electron chi connectivity index (χ0n) is 13.0. The van der Waals surface area contributed by atoms with E-state index in [-0.39, 0.29) is 0 Å². The van der Waals surface area contributed by atoms with Gasteiger partial charge in [0.05, 0.1) is 0 Å². The van der Waals surface area contributed by atoms with E-state index in [1.54, 1.807) is 5.56 Å². The number of anilines is 1. The Hall–Kier alpha value is -1.02. The number of rotatable bonds is 4. The molecule has 2 heterocycles. The predicted octanol–water partition coefficient (Wildman–Crippen LogP) is 3.47. The first-order chi connectivity index (χ1) is 9.72. The van der Waals surface area contributed by atoms with E-state index in [1.165, 1.54) is 57.5 Å². The summed E-state index contributed by atoms with van der Waals surface area (Å²) in [7, 11) is 0. The van der Waals surface area contributed by atoms with Crippen LogP contribution in [0.4, 0.5) is 5.69 Å². The van der Waals surface area contributed by atoms with Crippen molar-refractivity contribution in [3.63, 3.8) is 0 Å². The van der Waals surface area contributed by atoms with Crippen molar-refractivity contribution in [2.45, 2.75) is 39.5 Å². The first-order valence-electron chi connectivity index (χ1n) is 8.26. The minimum absolute atomic E-state index is 0.499. The van der Waals surface area contributed by atoms with Crippen LogP contribution in [0.1, 0.15) is 38.7 Å². The molecule has 0 saturated carbocycles. The minimum Gasteiger partial charge on any atom is -0.370 e. The highest BCUT2D eigenvalue weighted by atomic mass is 15.2. The van der Waals surface area contributed by atoms with E-state index in [4.69, 9.17) is 0 Å². The smallest absolute Gasteiger partial charge is 0.0399 e. The van der Waals surface area contributed by atoms with Crippen molar-refractivity contribution in [3.05, 3.63) is 29.8 Å². The summed E-state index contributed by atoms with van der Waals surface area (Å²) in [4.78, 5) is 2.67. The fourth-order valence-corrected chi connectivity index (χ4v) is 4.21. The van der Waals surface area contributed by atoms with Gasteiger partial charge in [0.1, 0.15) is 0 Å². The molecule has 3 rings (SSSR count). The molecule has 0 spiro atoms. The van der Waals surface area contributed by atoms with E-state index in [9.17, 15) is 0 Å². The average molecular weight is 272 g/mol. The molecular weight excluding hydrogens is 244 g/mol. The Morgan fingerprint density at radius 3 is 2.95 bits per heavy atom. The van der Waals surface area contributed by atoms with Gasteiger partial charge in [-0.05, 0) is 43.4 Å². The standard InChI is InChI=1S/C18H28N2/c1-3-8-18(9-10-19-13-18)14-20-12-15(2)11-16-6-4-5-7-17(16)20/h4-7,15,19H,3,8-14H2,1-2H3. The number of fused-ring (bicyclic) bond motifs is 1. The molecule has 1 saturated heterocycles. The maximum atomic E-state index is 3.60. The van der Waals surface area contributed by atoms with Crippen LogP contribution in [0.5, 0.6) is 0 Å². The summed E-state index contributed by atoms with van der Waals surface area (Å²) in [6.45, 7) is 9.58. The van der Waals surface area contributed by atoms with Gasteiger partial charge in [-0.15, -0.1) is 0 Å². The lowest BCUT2D eigenvalue weighted by Crippen LogP contribution is -2.43. The molecule has 2 aliphatic rings. The average Bonchev–Trinajstić information content (AvgIpc) is 2.87. The lowest BCUT2D eigenvalue weighted by Gasteiger charge is -2.41. The summed E-state index contributed by atoms with van der Waals surface area (Å²) >= 11 is 0. The van der Waals surface area contributed by atoms with E-state index in [1.807, 2.05) is 0 Å². The van der Waals surface area contributed by atoms with Gasteiger partial charge in [-0.1, -0.05) is 38.5 Å². The van der Waals surface area contributed by atoms with Crippen molar-refractivity contribution < 1.29 is 0 Å². The van der Waals surface area contributed by atoms with Crippen molar-refractivity contribution in [2.24, 2.45) is 11.3 Å². The Kier molecular flexibility index (Phi) is 4.02. The highest BCUT2D eigenvalue weighted by Crippen LogP contribution is 2.37. The highest BCUT2D eigenvalue weighted by molar-refractivity contribution is 5.56. The molecule has 2 heteroatoms. The molecule has 110 valence electrons. The van der Waals surface area contributed by atoms with Gasteiger partial charge in [-0.3, -0.25) is 0 Å². The number of nitrogens with one attached hydrogen (secondary N) is 1. The molecule has 0 aromatic heterocycles. The van der Waals surface area contributed by atoms with E-state index in [0.717, 1.165) is 5.92 Å². The fraction of sp³-hybridized carbons (Fsp3) is 0.667. The highest BCUT2D eigenvalue weighted by Gasteiger charge is 2.36. The summed E-state index contributed by atoms with van der Waals surface area (Å²) in [5.74, 6) is 0.776. The Bertz CT molecular complexity index is 448. The van der Waals surface area contributed by atoms with Crippen LogP contribution in [0, 0.1) is 11.3 Å². The van der Waals surface area contributed by atoms with Crippen LogP contribution in [-0.2, 0) is 6.42 Å². The Balaban J connectivity index is 1.83. The fourth-order valence-electron chi connectivity index (χ4n) is 4.21. The van der Waals surface area contributed by atoms with Crippen molar-refractivity contribution in [1.82, 2.24) is 5.32 Å².